The van der Waals surface area contributed by atoms with Gasteiger partial charge in [0.1, 0.15) is 5.56 Å². The average Bonchev–Trinajstić information content (AvgIpc) is 3.15. The van der Waals surface area contributed by atoms with E-state index < -0.39 is 10.9 Å². The summed E-state index contributed by atoms with van der Waals surface area (Å²) in [6.07, 6.45) is 7.22. The maximum atomic E-state index is 12.6. The van der Waals surface area contributed by atoms with Crippen LogP contribution in [-0.2, 0) is 4.74 Å². The Kier molecular flexibility index (Phi) is 5.11. The van der Waals surface area contributed by atoms with E-state index in [-0.39, 0.29) is 29.5 Å². The minimum Gasteiger partial charge on any atom is -0.462 e. The van der Waals surface area contributed by atoms with Crippen molar-refractivity contribution in [1.82, 2.24) is 9.97 Å². The summed E-state index contributed by atoms with van der Waals surface area (Å²) < 4.78 is 5.16. The molecule has 0 amide bonds. The van der Waals surface area contributed by atoms with Crippen LogP contribution in [0.15, 0.2) is 24.3 Å². The lowest BCUT2D eigenvalue weighted by molar-refractivity contribution is -0.384. The van der Waals surface area contributed by atoms with Crippen molar-refractivity contribution >= 4 is 17.6 Å². The van der Waals surface area contributed by atoms with E-state index in [0.717, 1.165) is 0 Å². The number of anilines is 1. The summed E-state index contributed by atoms with van der Waals surface area (Å²) in [5, 5.41) is 10.9. The minimum atomic E-state index is -0.586. The van der Waals surface area contributed by atoms with Crippen LogP contribution in [0.2, 0.25) is 0 Å². The van der Waals surface area contributed by atoms with E-state index in [1.807, 2.05) is 12.8 Å². The molecule has 26 heavy (non-hydrogen) atoms. The molecular formula is C18H15N4O4. The predicted octanol–water partition coefficient (Wildman–Crippen LogP) is 2.56. The summed E-state index contributed by atoms with van der Waals surface area (Å²) in [6.45, 7) is 1.88. The average molecular weight is 351 g/mol. The van der Waals surface area contributed by atoms with Crippen LogP contribution in [-0.4, -0.2) is 27.5 Å². The predicted molar refractivity (Wildman–Crippen MR) is 94.0 cm³/mol. The van der Waals surface area contributed by atoms with Crippen molar-refractivity contribution in [2.45, 2.75) is 6.92 Å². The second kappa shape index (κ2) is 7.47. The number of nitrogens with two attached hydrogens (primary N) is 1. The number of carbonyl (C=O) groups is 1. The van der Waals surface area contributed by atoms with Crippen LogP contribution in [0.25, 0.3) is 11.3 Å². The molecule has 8 nitrogen and oxygen atoms in total. The molecule has 2 aromatic rings. The molecule has 131 valence electrons. The van der Waals surface area contributed by atoms with Crippen molar-refractivity contribution in [1.29, 1.82) is 0 Å². The zero-order valence-corrected chi connectivity index (χ0v) is 13.9. The molecule has 2 N–H and O–H groups in total. The molecule has 0 bridgehead atoms. The summed E-state index contributed by atoms with van der Waals surface area (Å²) >= 11 is 0. The third-order valence-corrected chi connectivity index (χ3v) is 3.69. The first-order valence-electron chi connectivity index (χ1n) is 7.82. The molecule has 5 radical (unpaired) electrons. The molecular weight excluding hydrogens is 336 g/mol. The quantitative estimate of drug-likeness (QED) is 0.499. The Hall–Kier alpha value is -3.03. The van der Waals surface area contributed by atoms with Gasteiger partial charge < -0.3 is 10.5 Å². The highest BCUT2D eigenvalue weighted by molar-refractivity contribution is 5.98. The number of nitrogen functional groups attached to an aromatic ring is 1. The SMILES string of the molecule is CCOC(=O)c1c([C]2[CH][CH][CH][CH]2)nc(N)nc1-c1ccc([N+](=O)[O-])cc1. The maximum absolute atomic E-state index is 12.6. The number of hydrogen-bond acceptors (Lipinski definition) is 7. The Morgan fingerprint density at radius 2 is 1.77 bits per heavy atom. The van der Waals surface area contributed by atoms with Gasteiger partial charge in [-0.1, -0.05) is 0 Å². The number of hydrogen-bond donors (Lipinski definition) is 1. The topological polar surface area (TPSA) is 121 Å². The number of rotatable bonds is 5. The van der Waals surface area contributed by atoms with Gasteiger partial charge in [-0.15, -0.1) is 0 Å². The van der Waals surface area contributed by atoms with Gasteiger partial charge in [0, 0.05) is 23.6 Å². The van der Waals surface area contributed by atoms with Crippen LogP contribution in [0.4, 0.5) is 11.6 Å². The first-order valence-corrected chi connectivity index (χ1v) is 7.82. The van der Waals surface area contributed by atoms with Gasteiger partial charge in [-0.2, -0.15) is 0 Å². The fourth-order valence-corrected chi connectivity index (χ4v) is 2.57. The molecule has 0 aliphatic heterocycles. The Morgan fingerprint density at radius 1 is 1.15 bits per heavy atom. The highest BCUT2D eigenvalue weighted by Crippen LogP contribution is 2.35. The molecule has 1 aromatic heterocycles. The molecule has 3 rings (SSSR count). The van der Waals surface area contributed by atoms with Crippen LogP contribution >= 0.6 is 0 Å². The fourth-order valence-electron chi connectivity index (χ4n) is 2.57. The molecule has 1 heterocycles. The standard InChI is InChI=1S/C18H15N4O4/c1-2-26-17(23)14-15(11-5-3-4-6-11)20-18(19)21-16(14)12-7-9-13(10-8-12)22(24)25/h3-10H,2H2,1H3,(H2,19,20,21). The van der Waals surface area contributed by atoms with Crippen molar-refractivity contribution < 1.29 is 14.5 Å². The monoisotopic (exact) mass is 351 g/mol. The lowest BCUT2D eigenvalue weighted by Gasteiger charge is -2.16. The lowest BCUT2D eigenvalue weighted by Crippen LogP contribution is -2.17. The number of non-ortho nitro benzene ring substituents is 1. The summed E-state index contributed by atoms with van der Waals surface area (Å²) in [7, 11) is 0. The van der Waals surface area contributed by atoms with Gasteiger partial charge in [-0.05, 0) is 44.7 Å². The largest absolute Gasteiger partial charge is 0.462 e. The Morgan fingerprint density at radius 3 is 2.35 bits per heavy atom. The van der Waals surface area contributed by atoms with E-state index in [1.165, 1.54) is 24.3 Å². The number of aromatic nitrogens is 2. The number of carbonyl (C=O) groups excluding carboxylic acids is 1. The number of nitro benzene ring substituents is 1. The molecule has 1 saturated carbocycles. The number of benzene rings is 1. The van der Waals surface area contributed by atoms with Crippen molar-refractivity contribution in [3.05, 3.63) is 77.2 Å². The third-order valence-electron chi connectivity index (χ3n) is 3.69. The molecule has 1 aliphatic carbocycles. The molecule has 1 aromatic carbocycles. The normalized spacial score (nSPS) is 14.3. The number of ether oxygens (including phenoxy) is 1. The molecule has 1 aliphatic rings. The second-order valence-corrected chi connectivity index (χ2v) is 5.35. The Labute approximate surface area is 150 Å². The zero-order chi connectivity index (χ0) is 18.7. The van der Waals surface area contributed by atoms with E-state index in [0.29, 0.717) is 17.2 Å². The van der Waals surface area contributed by atoms with Crippen LogP contribution in [0.3, 0.4) is 0 Å². The highest BCUT2D eigenvalue weighted by Gasteiger charge is 2.30. The summed E-state index contributed by atoms with van der Waals surface area (Å²) in [5.74, 6) is 0.102. The van der Waals surface area contributed by atoms with Gasteiger partial charge in [0.05, 0.1) is 22.9 Å². The van der Waals surface area contributed by atoms with E-state index in [2.05, 4.69) is 9.97 Å². The van der Waals surface area contributed by atoms with E-state index in [4.69, 9.17) is 10.5 Å². The van der Waals surface area contributed by atoms with Gasteiger partial charge in [0.15, 0.2) is 0 Å². The summed E-state index contributed by atoms with van der Waals surface area (Å²) in [5.41, 5.74) is 7.07. The van der Waals surface area contributed by atoms with Crippen molar-refractivity contribution in [3.63, 3.8) is 0 Å². The van der Waals surface area contributed by atoms with Gasteiger partial charge in [-0.3, -0.25) is 10.1 Å². The molecule has 1 fully saturated rings. The highest BCUT2D eigenvalue weighted by atomic mass is 16.6. The van der Waals surface area contributed by atoms with E-state index in [9.17, 15) is 14.9 Å². The van der Waals surface area contributed by atoms with Crippen LogP contribution in [0, 0.1) is 41.7 Å². The first-order chi connectivity index (χ1) is 12.5. The van der Waals surface area contributed by atoms with Crippen molar-refractivity contribution in [2.75, 3.05) is 12.3 Å². The maximum Gasteiger partial charge on any atom is 0.342 e. The van der Waals surface area contributed by atoms with Crippen LogP contribution in [0.1, 0.15) is 23.0 Å². The zero-order valence-electron chi connectivity index (χ0n) is 13.9. The van der Waals surface area contributed by atoms with E-state index >= 15 is 0 Å². The number of nitro groups is 1. The van der Waals surface area contributed by atoms with E-state index in [1.54, 1.807) is 19.8 Å². The Bertz CT molecular complexity index is 830. The van der Waals surface area contributed by atoms with Gasteiger partial charge in [0.2, 0.25) is 5.95 Å². The minimum absolute atomic E-state index is 0.0115. The van der Waals surface area contributed by atoms with Gasteiger partial charge in [0.25, 0.3) is 5.69 Å². The van der Waals surface area contributed by atoms with Crippen molar-refractivity contribution in [3.8, 4) is 11.3 Å². The summed E-state index contributed by atoms with van der Waals surface area (Å²) in [6, 6.07) is 5.70. The number of esters is 1. The van der Waals surface area contributed by atoms with Crippen molar-refractivity contribution in [2.24, 2.45) is 0 Å². The summed E-state index contributed by atoms with van der Waals surface area (Å²) in [4.78, 5) is 31.3. The smallest absolute Gasteiger partial charge is 0.342 e. The van der Waals surface area contributed by atoms with Crippen LogP contribution in [0.5, 0.6) is 0 Å². The third kappa shape index (κ3) is 3.49. The molecule has 0 saturated heterocycles. The van der Waals surface area contributed by atoms with Crippen LogP contribution < -0.4 is 5.73 Å². The number of nitrogens with zero attached hydrogens (tertiary/aromatic N) is 3. The van der Waals surface area contributed by atoms with Gasteiger partial charge >= 0.3 is 5.97 Å². The fraction of sp³-hybridized carbons (Fsp3) is 0.111. The molecule has 0 atom stereocenters. The van der Waals surface area contributed by atoms with Gasteiger partial charge in [-0.25, -0.2) is 14.8 Å². The Balaban J connectivity index is 2.16. The molecule has 8 heteroatoms. The molecule has 0 unspecified atom stereocenters. The first kappa shape index (κ1) is 17.8. The lowest BCUT2D eigenvalue weighted by atomic mass is 9.95. The second-order valence-electron chi connectivity index (χ2n) is 5.35. The molecule has 0 spiro atoms.